The zero-order valence-corrected chi connectivity index (χ0v) is 12.7. The molecule has 1 fully saturated rings. The van der Waals surface area contributed by atoms with Gasteiger partial charge in [0.25, 0.3) is 0 Å². The average Bonchev–Trinajstić information content (AvgIpc) is 2.64. The van der Waals surface area contributed by atoms with E-state index in [0.717, 1.165) is 19.5 Å². The fourth-order valence-electron chi connectivity index (χ4n) is 2.75. The second-order valence-electron chi connectivity index (χ2n) is 5.97. The average molecular weight is 271 g/mol. The number of aliphatic hydroxyl groups is 1. The smallest absolute Gasteiger partial charge is 0.0431 e. The molecular weight excluding hydrogens is 238 g/mol. The van der Waals surface area contributed by atoms with E-state index in [9.17, 15) is 0 Å². The van der Waals surface area contributed by atoms with Crippen molar-refractivity contribution in [1.29, 1.82) is 0 Å². The van der Waals surface area contributed by atoms with Crippen LogP contribution in [0, 0.1) is 5.92 Å². The van der Waals surface area contributed by atoms with Crippen LogP contribution in [0.3, 0.4) is 0 Å². The van der Waals surface area contributed by atoms with Crippen LogP contribution in [0.25, 0.3) is 0 Å². The Bertz CT molecular complexity index is 214. The molecule has 114 valence electrons. The summed E-state index contributed by atoms with van der Waals surface area (Å²) in [7, 11) is 0. The van der Waals surface area contributed by atoms with E-state index >= 15 is 0 Å². The Morgan fingerprint density at radius 3 is 2.42 bits per heavy atom. The normalized spacial score (nSPS) is 20.4. The van der Waals surface area contributed by atoms with Crippen LogP contribution in [0.2, 0.25) is 0 Å². The van der Waals surface area contributed by atoms with Crippen LogP contribution >= 0.6 is 0 Å². The molecule has 3 N–H and O–H groups in total. The number of hydrogen-bond acceptors (Lipinski definition) is 4. The maximum atomic E-state index is 8.75. The quantitative estimate of drug-likeness (QED) is 0.618. The van der Waals surface area contributed by atoms with Gasteiger partial charge < -0.3 is 20.6 Å². The van der Waals surface area contributed by atoms with Gasteiger partial charge in [0, 0.05) is 26.2 Å². The van der Waals surface area contributed by atoms with Crippen LogP contribution < -0.4 is 5.73 Å². The lowest BCUT2D eigenvalue weighted by atomic mass is 10.1. The van der Waals surface area contributed by atoms with Gasteiger partial charge in [0.1, 0.15) is 0 Å². The van der Waals surface area contributed by atoms with Crippen LogP contribution in [-0.4, -0.2) is 67.3 Å². The number of unbranched alkanes of at least 4 members (excludes halogenated alkanes) is 3. The summed E-state index contributed by atoms with van der Waals surface area (Å²) >= 11 is 0. The predicted octanol–water partition coefficient (Wildman–Crippen LogP) is 1.14. The number of hydrogen-bond donors (Lipinski definition) is 2. The molecule has 0 aromatic heterocycles. The standard InChI is InChI=1S/C15H33N3O/c1-15(13-16)14-18-9-6-8-17(10-11-18)7-4-2-3-5-12-19/h15,19H,2-14,16H2,1H3. The van der Waals surface area contributed by atoms with E-state index in [1.165, 1.54) is 58.4 Å². The first kappa shape index (κ1) is 16.9. The van der Waals surface area contributed by atoms with Gasteiger partial charge in [-0.1, -0.05) is 19.8 Å². The highest BCUT2D eigenvalue weighted by atomic mass is 16.2. The topological polar surface area (TPSA) is 52.7 Å². The van der Waals surface area contributed by atoms with Gasteiger partial charge in [-0.05, 0) is 51.4 Å². The molecule has 0 spiro atoms. The molecule has 1 saturated heterocycles. The number of nitrogens with zero attached hydrogens (tertiary/aromatic N) is 2. The van der Waals surface area contributed by atoms with Crippen LogP contribution in [0.1, 0.15) is 39.0 Å². The van der Waals surface area contributed by atoms with Crippen LogP contribution in [0.5, 0.6) is 0 Å². The molecule has 0 radical (unpaired) electrons. The third kappa shape index (κ3) is 7.88. The second kappa shape index (κ2) is 10.6. The molecule has 1 atom stereocenters. The SMILES string of the molecule is CC(CN)CN1CCCN(CCCCCCO)CC1. The van der Waals surface area contributed by atoms with Gasteiger partial charge in [-0.25, -0.2) is 0 Å². The zero-order valence-electron chi connectivity index (χ0n) is 12.7. The summed E-state index contributed by atoms with van der Waals surface area (Å²) in [6, 6.07) is 0. The Labute approximate surface area is 118 Å². The minimum Gasteiger partial charge on any atom is -0.396 e. The molecule has 19 heavy (non-hydrogen) atoms. The first-order valence-electron chi connectivity index (χ1n) is 8.02. The fraction of sp³-hybridized carbons (Fsp3) is 1.00. The van der Waals surface area contributed by atoms with E-state index in [1.54, 1.807) is 0 Å². The molecule has 0 saturated carbocycles. The zero-order chi connectivity index (χ0) is 13.9. The molecule has 0 aromatic carbocycles. The molecule has 0 bridgehead atoms. The molecule has 0 amide bonds. The highest BCUT2D eigenvalue weighted by Gasteiger charge is 2.15. The third-order valence-electron chi connectivity index (χ3n) is 4.04. The van der Waals surface area contributed by atoms with E-state index in [1.807, 2.05) is 0 Å². The molecule has 1 rings (SSSR count). The summed E-state index contributed by atoms with van der Waals surface area (Å²) < 4.78 is 0. The van der Waals surface area contributed by atoms with Crippen molar-refractivity contribution >= 4 is 0 Å². The van der Waals surface area contributed by atoms with Crippen molar-refractivity contribution in [3.05, 3.63) is 0 Å². The van der Waals surface area contributed by atoms with Crippen molar-refractivity contribution in [3.63, 3.8) is 0 Å². The van der Waals surface area contributed by atoms with Crippen LogP contribution in [0.4, 0.5) is 0 Å². The second-order valence-corrected chi connectivity index (χ2v) is 5.97. The van der Waals surface area contributed by atoms with E-state index in [-0.39, 0.29) is 0 Å². The van der Waals surface area contributed by atoms with Crippen LogP contribution in [-0.2, 0) is 0 Å². The number of nitrogens with two attached hydrogens (primary N) is 1. The lowest BCUT2D eigenvalue weighted by Gasteiger charge is -2.24. The first-order valence-corrected chi connectivity index (χ1v) is 8.02. The lowest BCUT2D eigenvalue weighted by molar-refractivity contribution is 0.232. The van der Waals surface area contributed by atoms with Crippen molar-refractivity contribution in [1.82, 2.24) is 9.80 Å². The molecule has 1 aliphatic rings. The highest BCUT2D eigenvalue weighted by Crippen LogP contribution is 2.08. The Balaban J connectivity index is 2.11. The summed E-state index contributed by atoms with van der Waals surface area (Å²) in [6.45, 7) is 10.6. The maximum Gasteiger partial charge on any atom is 0.0431 e. The Morgan fingerprint density at radius 1 is 1.00 bits per heavy atom. The molecule has 1 aliphatic heterocycles. The maximum absolute atomic E-state index is 8.75. The highest BCUT2D eigenvalue weighted by molar-refractivity contribution is 4.71. The van der Waals surface area contributed by atoms with E-state index in [4.69, 9.17) is 10.8 Å². The summed E-state index contributed by atoms with van der Waals surface area (Å²) in [4.78, 5) is 5.18. The number of rotatable bonds is 9. The molecule has 4 nitrogen and oxygen atoms in total. The fourth-order valence-corrected chi connectivity index (χ4v) is 2.75. The van der Waals surface area contributed by atoms with Gasteiger partial charge in [0.05, 0.1) is 0 Å². The Kier molecular flexibility index (Phi) is 9.43. The molecule has 0 aliphatic carbocycles. The van der Waals surface area contributed by atoms with Gasteiger partial charge >= 0.3 is 0 Å². The van der Waals surface area contributed by atoms with Crippen LogP contribution in [0.15, 0.2) is 0 Å². The molecule has 1 unspecified atom stereocenters. The molecule has 4 heteroatoms. The molecular formula is C15H33N3O. The van der Waals surface area contributed by atoms with E-state index in [0.29, 0.717) is 12.5 Å². The molecule has 1 heterocycles. The summed E-state index contributed by atoms with van der Waals surface area (Å²) in [5.74, 6) is 0.616. The van der Waals surface area contributed by atoms with Gasteiger partial charge in [-0.3, -0.25) is 0 Å². The third-order valence-corrected chi connectivity index (χ3v) is 4.04. The van der Waals surface area contributed by atoms with Crippen molar-refractivity contribution in [2.24, 2.45) is 11.7 Å². The summed E-state index contributed by atoms with van der Waals surface area (Å²) in [6.07, 6.45) is 5.95. The largest absolute Gasteiger partial charge is 0.396 e. The van der Waals surface area contributed by atoms with Gasteiger partial charge in [-0.2, -0.15) is 0 Å². The minimum absolute atomic E-state index is 0.345. The van der Waals surface area contributed by atoms with Crippen molar-refractivity contribution < 1.29 is 5.11 Å². The van der Waals surface area contributed by atoms with Gasteiger partial charge in [-0.15, -0.1) is 0 Å². The Morgan fingerprint density at radius 2 is 1.68 bits per heavy atom. The van der Waals surface area contributed by atoms with E-state index < -0.39 is 0 Å². The monoisotopic (exact) mass is 271 g/mol. The van der Waals surface area contributed by atoms with Crippen molar-refractivity contribution in [3.8, 4) is 0 Å². The number of aliphatic hydroxyl groups excluding tert-OH is 1. The predicted molar refractivity (Wildman–Crippen MR) is 81.3 cm³/mol. The first-order chi connectivity index (χ1) is 9.26. The lowest BCUT2D eigenvalue weighted by Crippen LogP contribution is -2.35. The van der Waals surface area contributed by atoms with Crippen molar-refractivity contribution in [2.45, 2.75) is 39.0 Å². The van der Waals surface area contributed by atoms with Crippen molar-refractivity contribution in [2.75, 3.05) is 52.4 Å². The van der Waals surface area contributed by atoms with Gasteiger partial charge in [0.2, 0.25) is 0 Å². The van der Waals surface area contributed by atoms with E-state index in [2.05, 4.69) is 16.7 Å². The summed E-state index contributed by atoms with van der Waals surface area (Å²) in [5.41, 5.74) is 5.71. The summed E-state index contributed by atoms with van der Waals surface area (Å²) in [5, 5.41) is 8.75. The minimum atomic E-state index is 0.345. The van der Waals surface area contributed by atoms with Gasteiger partial charge in [0.15, 0.2) is 0 Å². The Hall–Kier alpha value is -0.160. The molecule has 0 aromatic rings.